The SMILES string of the molecule is C[C@H](CN1CCCC1=O)Nc1ccc2nnc(-c3ccccc3F)n2n1. The van der Waals surface area contributed by atoms with E-state index >= 15 is 0 Å². The van der Waals surface area contributed by atoms with Crippen LogP contribution in [-0.4, -0.2) is 49.7 Å². The van der Waals surface area contributed by atoms with Crippen LogP contribution in [0, 0.1) is 5.82 Å². The Labute approximate surface area is 149 Å². The Morgan fingerprint density at radius 1 is 1.23 bits per heavy atom. The van der Waals surface area contributed by atoms with E-state index in [9.17, 15) is 9.18 Å². The third-order valence-electron chi connectivity index (χ3n) is 4.44. The van der Waals surface area contributed by atoms with Gasteiger partial charge in [-0.25, -0.2) is 4.39 Å². The normalized spacial score (nSPS) is 15.6. The van der Waals surface area contributed by atoms with Crippen molar-refractivity contribution in [3.63, 3.8) is 0 Å². The molecule has 0 bridgehead atoms. The van der Waals surface area contributed by atoms with E-state index < -0.39 is 0 Å². The van der Waals surface area contributed by atoms with Gasteiger partial charge in [-0.05, 0) is 37.6 Å². The lowest BCUT2D eigenvalue weighted by molar-refractivity contribution is -0.127. The molecular weight excluding hydrogens is 335 g/mol. The van der Waals surface area contributed by atoms with Gasteiger partial charge < -0.3 is 10.2 Å². The third-order valence-corrected chi connectivity index (χ3v) is 4.44. The van der Waals surface area contributed by atoms with Crippen LogP contribution in [0.4, 0.5) is 10.2 Å². The van der Waals surface area contributed by atoms with E-state index in [0.717, 1.165) is 13.0 Å². The molecule has 3 aromatic rings. The van der Waals surface area contributed by atoms with E-state index in [1.165, 1.54) is 10.6 Å². The first-order valence-electron chi connectivity index (χ1n) is 8.63. The topological polar surface area (TPSA) is 75.4 Å². The number of rotatable bonds is 5. The lowest BCUT2D eigenvalue weighted by Crippen LogP contribution is -2.35. The maximum atomic E-state index is 14.1. The van der Waals surface area contributed by atoms with Crippen molar-refractivity contribution in [2.24, 2.45) is 0 Å². The Morgan fingerprint density at radius 2 is 2.08 bits per heavy atom. The van der Waals surface area contributed by atoms with Gasteiger partial charge in [0, 0.05) is 25.6 Å². The van der Waals surface area contributed by atoms with E-state index in [-0.39, 0.29) is 17.8 Å². The smallest absolute Gasteiger partial charge is 0.222 e. The molecule has 8 heteroatoms. The van der Waals surface area contributed by atoms with Gasteiger partial charge in [-0.2, -0.15) is 4.52 Å². The lowest BCUT2D eigenvalue weighted by Gasteiger charge is -2.22. The first-order valence-corrected chi connectivity index (χ1v) is 8.63. The molecule has 26 heavy (non-hydrogen) atoms. The number of hydrogen-bond donors (Lipinski definition) is 1. The van der Waals surface area contributed by atoms with E-state index in [1.807, 2.05) is 11.8 Å². The highest BCUT2D eigenvalue weighted by Gasteiger charge is 2.22. The highest BCUT2D eigenvalue weighted by molar-refractivity contribution is 5.78. The van der Waals surface area contributed by atoms with Gasteiger partial charge in [-0.3, -0.25) is 4.79 Å². The number of halogens is 1. The van der Waals surface area contributed by atoms with Gasteiger partial charge in [0.2, 0.25) is 5.91 Å². The standard InChI is InChI=1S/C18H19FN6O/c1-12(11-24-10-4-7-17(24)26)20-15-8-9-16-21-22-18(25(16)23-15)13-5-2-3-6-14(13)19/h2-3,5-6,8-9,12H,4,7,10-11H2,1H3,(H,20,23)/t12-/m1/s1. The van der Waals surface area contributed by atoms with Crippen molar-refractivity contribution >= 4 is 17.4 Å². The largest absolute Gasteiger partial charge is 0.364 e. The highest BCUT2D eigenvalue weighted by Crippen LogP contribution is 2.21. The van der Waals surface area contributed by atoms with Crippen molar-refractivity contribution in [3.8, 4) is 11.4 Å². The Hall–Kier alpha value is -3.03. The molecule has 0 unspecified atom stereocenters. The Bertz CT molecular complexity index is 956. The van der Waals surface area contributed by atoms with E-state index in [4.69, 9.17) is 0 Å². The zero-order valence-electron chi connectivity index (χ0n) is 14.4. The molecule has 0 spiro atoms. The minimum atomic E-state index is -0.372. The zero-order chi connectivity index (χ0) is 18.1. The van der Waals surface area contributed by atoms with Gasteiger partial charge >= 0.3 is 0 Å². The van der Waals surface area contributed by atoms with Crippen LogP contribution in [0.5, 0.6) is 0 Å². The average molecular weight is 354 g/mol. The molecule has 1 fully saturated rings. The van der Waals surface area contributed by atoms with Crippen molar-refractivity contribution in [2.45, 2.75) is 25.8 Å². The zero-order valence-corrected chi connectivity index (χ0v) is 14.4. The van der Waals surface area contributed by atoms with Crippen LogP contribution in [0.1, 0.15) is 19.8 Å². The molecule has 134 valence electrons. The lowest BCUT2D eigenvalue weighted by atomic mass is 10.2. The second-order valence-corrected chi connectivity index (χ2v) is 6.48. The fraction of sp³-hybridized carbons (Fsp3) is 0.333. The molecule has 1 aromatic carbocycles. The van der Waals surface area contributed by atoms with Crippen molar-refractivity contribution < 1.29 is 9.18 Å². The summed E-state index contributed by atoms with van der Waals surface area (Å²) in [5.74, 6) is 0.795. The monoisotopic (exact) mass is 354 g/mol. The molecule has 1 atom stereocenters. The number of carbonyl (C=O) groups is 1. The molecular formula is C18H19FN6O. The number of fused-ring (bicyclic) bond motifs is 1. The number of carbonyl (C=O) groups excluding carboxylic acids is 1. The number of benzene rings is 1. The molecule has 0 radical (unpaired) electrons. The van der Waals surface area contributed by atoms with Gasteiger partial charge in [-0.1, -0.05) is 12.1 Å². The number of anilines is 1. The molecule has 1 N–H and O–H groups in total. The molecule has 0 aliphatic carbocycles. The summed E-state index contributed by atoms with van der Waals surface area (Å²) in [6, 6.07) is 10.0. The summed E-state index contributed by atoms with van der Waals surface area (Å²) in [6.07, 6.45) is 1.55. The third kappa shape index (κ3) is 3.10. The fourth-order valence-electron chi connectivity index (χ4n) is 3.20. The number of nitrogens with zero attached hydrogens (tertiary/aromatic N) is 5. The van der Waals surface area contributed by atoms with Crippen LogP contribution in [0.2, 0.25) is 0 Å². The second-order valence-electron chi connectivity index (χ2n) is 6.48. The highest BCUT2D eigenvalue weighted by atomic mass is 19.1. The van der Waals surface area contributed by atoms with E-state index in [2.05, 4.69) is 20.6 Å². The Morgan fingerprint density at radius 3 is 2.85 bits per heavy atom. The minimum absolute atomic E-state index is 0.0374. The predicted molar refractivity (Wildman–Crippen MR) is 95.1 cm³/mol. The summed E-state index contributed by atoms with van der Waals surface area (Å²) < 4.78 is 15.6. The molecule has 1 saturated heterocycles. The number of nitrogens with one attached hydrogen (secondary N) is 1. The minimum Gasteiger partial charge on any atom is -0.364 e. The van der Waals surface area contributed by atoms with Gasteiger partial charge in [0.05, 0.1) is 5.56 Å². The van der Waals surface area contributed by atoms with Crippen molar-refractivity contribution in [1.82, 2.24) is 24.7 Å². The van der Waals surface area contributed by atoms with Crippen LogP contribution >= 0.6 is 0 Å². The predicted octanol–water partition coefficient (Wildman–Crippen LogP) is 2.35. The first kappa shape index (κ1) is 16.4. The summed E-state index contributed by atoms with van der Waals surface area (Å²) in [5, 5.41) is 15.9. The molecule has 1 amide bonds. The van der Waals surface area contributed by atoms with Gasteiger partial charge in [0.25, 0.3) is 0 Å². The summed E-state index contributed by atoms with van der Waals surface area (Å²) in [4.78, 5) is 13.6. The van der Waals surface area contributed by atoms with Crippen molar-refractivity contribution in [3.05, 3.63) is 42.2 Å². The first-order chi connectivity index (χ1) is 12.6. The van der Waals surface area contributed by atoms with Crippen molar-refractivity contribution in [2.75, 3.05) is 18.4 Å². The molecule has 4 rings (SSSR count). The number of aromatic nitrogens is 4. The molecule has 1 aliphatic heterocycles. The molecule has 7 nitrogen and oxygen atoms in total. The van der Waals surface area contributed by atoms with Crippen LogP contribution in [0.15, 0.2) is 36.4 Å². The van der Waals surface area contributed by atoms with E-state index in [1.54, 1.807) is 30.3 Å². The van der Waals surface area contributed by atoms with Gasteiger partial charge in [0.15, 0.2) is 11.5 Å². The number of hydrogen-bond acceptors (Lipinski definition) is 5. The van der Waals surface area contributed by atoms with Crippen LogP contribution in [0.3, 0.4) is 0 Å². The summed E-state index contributed by atoms with van der Waals surface area (Å²) in [6.45, 7) is 3.43. The maximum absolute atomic E-state index is 14.1. The quantitative estimate of drug-likeness (QED) is 0.761. The molecule has 2 aromatic heterocycles. The fourth-order valence-corrected chi connectivity index (χ4v) is 3.20. The number of likely N-dealkylation sites (tertiary alicyclic amines) is 1. The molecule has 1 aliphatic rings. The van der Waals surface area contributed by atoms with Crippen LogP contribution < -0.4 is 5.32 Å². The summed E-state index contributed by atoms with van der Waals surface area (Å²) >= 11 is 0. The summed E-state index contributed by atoms with van der Waals surface area (Å²) in [7, 11) is 0. The van der Waals surface area contributed by atoms with E-state index in [0.29, 0.717) is 35.8 Å². The molecule has 0 saturated carbocycles. The van der Waals surface area contributed by atoms with Crippen LogP contribution in [-0.2, 0) is 4.79 Å². The van der Waals surface area contributed by atoms with Crippen LogP contribution in [0.25, 0.3) is 17.0 Å². The average Bonchev–Trinajstić information content (AvgIpc) is 3.22. The second kappa shape index (κ2) is 6.70. The summed E-state index contributed by atoms with van der Waals surface area (Å²) in [5.41, 5.74) is 0.886. The van der Waals surface area contributed by atoms with Gasteiger partial charge in [0.1, 0.15) is 11.6 Å². The maximum Gasteiger partial charge on any atom is 0.222 e. The van der Waals surface area contributed by atoms with Gasteiger partial charge in [-0.15, -0.1) is 15.3 Å². The Kier molecular flexibility index (Phi) is 4.24. The number of amides is 1. The molecule has 3 heterocycles. The Balaban J connectivity index is 1.58. The van der Waals surface area contributed by atoms with Crippen molar-refractivity contribution in [1.29, 1.82) is 0 Å².